The van der Waals surface area contributed by atoms with Crippen molar-refractivity contribution in [1.82, 2.24) is 15.1 Å². The van der Waals surface area contributed by atoms with Gasteiger partial charge in [-0.1, -0.05) is 38.1 Å². The van der Waals surface area contributed by atoms with Gasteiger partial charge in [0, 0.05) is 19.6 Å². The van der Waals surface area contributed by atoms with Crippen molar-refractivity contribution in [3.8, 4) is 0 Å². The van der Waals surface area contributed by atoms with Crippen LogP contribution >= 0.6 is 0 Å². The molecule has 1 aliphatic carbocycles. The third kappa shape index (κ3) is 4.83. The highest BCUT2D eigenvalue weighted by Gasteiger charge is 2.34. The van der Waals surface area contributed by atoms with Crippen LogP contribution in [-0.2, 0) is 9.53 Å². The Hall–Kier alpha value is -2.12. The normalized spacial score (nSPS) is 24.5. The lowest BCUT2D eigenvalue weighted by atomic mass is 9.90. The summed E-state index contributed by atoms with van der Waals surface area (Å²) in [5, 5.41) is 12.1. The number of likely N-dealkylation sites (N-methyl/N-ethyl adjacent to an activating group) is 1. The number of carbonyl (C=O) groups is 2. The molecule has 1 fully saturated rings. The van der Waals surface area contributed by atoms with Crippen LogP contribution < -0.4 is 5.32 Å². The predicted molar refractivity (Wildman–Crippen MR) is 106 cm³/mol. The molecule has 3 atom stereocenters. The number of morpholine rings is 1. The van der Waals surface area contributed by atoms with Crippen LogP contribution in [0.25, 0.3) is 0 Å². The van der Waals surface area contributed by atoms with Crippen LogP contribution in [0, 0.1) is 5.92 Å². The number of hydrogen-bond acceptors (Lipinski definition) is 4. The van der Waals surface area contributed by atoms with Crippen molar-refractivity contribution in [3.63, 3.8) is 0 Å². The van der Waals surface area contributed by atoms with E-state index in [0.29, 0.717) is 38.1 Å². The number of rotatable bonds is 6. The molecule has 0 bridgehead atoms. The maximum absolute atomic E-state index is 12.9. The number of hydrogen-bond donors (Lipinski definition) is 2. The van der Waals surface area contributed by atoms with Gasteiger partial charge < -0.3 is 20.1 Å². The summed E-state index contributed by atoms with van der Waals surface area (Å²) in [5.74, 6) is 0.122. The van der Waals surface area contributed by atoms with Gasteiger partial charge in [0.1, 0.15) is 0 Å². The molecule has 0 spiro atoms. The first-order valence-corrected chi connectivity index (χ1v) is 10.0. The lowest BCUT2D eigenvalue weighted by Crippen LogP contribution is -2.52. The Bertz CT molecular complexity index is 709. The molecule has 1 aromatic carbocycles. The SMILES string of the molecule is CC(C)[C@H]1C[C@@H](NC(=O)N2CCOC(CN(C)CC(=O)O)C2)c2ccccc21. The average molecular weight is 389 g/mol. The van der Waals surface area contributed by atoms with Gasteiger partial charge in [-0.2, -0.15) is 0 Å². The van der Waals surface area contributed by atoms with Crippen LogP contribution in [-0.4, -0.2) is 72.8 Å². The Morgan fingerprint density at radius 2 is 2.04 bits per heavy atom. The highest BCUT2D eigenvalue weighted by Crippen LogP contribution is 2.44. The summed E-state index contributed by atoms with van der Waals surface area (Å²) in [7, 11) is 1.75. The molecule has 2 N–H and O–H groups in total. The molecule has 1 heterocycles. The van der Waals surface area contributed by atoms with Gasteiger partial charge in [0.25, 0.3) is 0 Å². The number of fused-ring (bicyclic) bond motifs is 1. The van der Waals surface area contributed by atoms with E-state index in [1.165, 1.54) is 11.1 Å². The fourth-order valence-electron chi connectivity index (χ4n) is 4.34. The van der Waals surface area contributed by atoms with E-state index in [1.54, 1.807) is 16.8 Å². The zero-order chi connectivity index (χ0) is 20.3. The molecule has 2 aliphatic rings. The van der Waals surface area contributed by atoms with Crippen LogP contribution in [0.4, 0.5) is 4.79 Å². The number of urea groups is 1. The Kier molecular flexibility index (Phi) is 6.57. The van der Waals surface area contributed by atoms with E-state index in [0.717, 1.165) is 6.42 Å². The fourth-order valence-corrected chi connectivity index (χ4v) is 4.34. The van der Waals surface area contributed by atoms with Crippen LogP contribution in [0.2, 0.25) is 0 Å². The first-order valence-electron chi connectivity index (χ1n) is 10.0. The third-order valence-corrected chi connectivity index (χ3v) is 5.71. The summed E-state index contributed by atoms with van der Waals surface area (Å²) >= 11 is 0. The van der Waals surface area contributed by atoms with Gasteiger partial charge in [-0.05, 0) is 36.4 Å². The van der Waals surface area contributed by atoms with Gasteiger partial charge in [0.2, 0.25) is 0 Å². The number of carbonyl (C=O) groups excluding carboxylic acids is 1. The van der Waals surface area contributed by atoms with E-state index in [9.17, 15) is 9.59 Å². The minimum absolute atomic E-state index is 0.0343. The second kappa shape index (κ2) is 8.92. The second-order valence-corrected chi connectivity index (χ2v) is 8.25. The molecule has 1 unspecified atom stereocenters. The Morgan fingerprint density at radius 3 is 2.71 bits per heavy atom. The summed E-state index contributed by atoms with van der Waals surface area (Å²) in [6.45, 7) is 6.39. The number of carboxylic acids is 1. The molecular weight excluding hydrogens is 358 g/mol. The standard InChI is InChI=1S/C21H31N3O4/c1-14(2)18-10-19(17-7-5-4-6-16(17)18)22-21(27)24-8-9-28-15(12-24)11-23(3)13-20(25)26/h4-7,14-15,18-19H,8-13H2,1-3H3,(H,22,27)(H,25,26)/t15?,18-,19-/m1/s1. The Balaban J connectivity index is 1.59. The van der Waals surface area contributed by atoms with Crippen LogP contribution in [0.5, 0.6) is 0 Å². The number of benzene rings is 1. The van der Waals surface area contributed by atoms with Crippen LogP contribution in [0.3, 0.4) is 0 Å². The molecule has 0 saturated carbocycles. The topological polar surface area (TPSA) is 82.1 Å². The minimum atomic E-state index is -0.868. The van der Waals surface area contributed by atoms with Crippen molar-refractivity contribution in [1.29, 1.82) is 0 Å². The zero-order valence-corrected chi connectivity index (χ0v) is 16.9. The van der Waals surface area contributed by atoms with Crippen molar-refractivity contribution in [2.75, 3.05) is 39.8 Å². The maximum atomic E-state index is 12.9. The molecule has 2 amide bonds. The van der Waals surface area contributed by atoms with Crippen LogP contribution in [0.15, 0.2) is 24.3 Å². The number of amides is 2. The van der Waals surface area contributed by atoms with E-state index in [4.69, 9.17) is 9.84 Å². The van der Waals surface area contributed by atoms with E-state index < -0.39 is 5.97 Å². The Labute approximate surface area is 166 Å². The summed E-state index contributed by atoms with van der Waals surface area (Å²) in [4.78, 5) is 27.2. The molecule has 154 valence electrons. The lowest BCUT2D eigenvalue weighted by molar-refractivity contribution is -0.138. The molecule has 7 heteroatoms. The van der Waals surface area contributed by atoms with E-state index in [1.807, 2.05) is 6.07 Å². The van der Waals surface area contributed by atoms with E-state index >= 15 is 0 Å². The van der Waals surface area contributed by atoms with Crippen LogP contribution in [0.1, 0.15) is 43.4 Å². The number of aliphatic carboxylic acids is 1. The molecule has 3 rings (SSSR count). The van der Waals surface area contributed by atoms with Gasteiger partial charge >= 0.3 is 12.0 Å². The largest absolute Gasteiger partial charge is 0.480 e. The Morgan fingerprint density at radius 1 is 1.32 bits per heavy atom. The monoisotopic (exact) mass is 389 g/mol. The van der Waals surface area contributed by atoms with Gasteiger partial charge in [0.05, 0.1) is 25.3 Å². The minimum Gasteiger partial charge on any atom is -0.480 e. The van der Waals surface area contributed by atoms with Gasteiger partial charge in [-0.3, -0.25) is 9.69 Å². The van der Waals surface area contributed by atoms with E-state index in [2.05, 4.69) is 37.4 Å². The number of nitrogens with zero attached hydrogens (tertiary/aromatic N) is 2. The molecular formula is C21H31N3O4. The van der Waals surface area contributed by atoms with Crippen molar-refractivity contribution in [2.24, 2.45) is 5.92 Å². The molecule has 1 aromatic rings. The van der Waals surface area contributed by atoms with Crippen molar-refractivity contribution < 1.29 is 19.4 Å². The second-order valence-electron chi connectivity index (χ2n) is 8.25. The molecule has 0 radical (unpaired) electrons. The first kappa shape index (κ1) is 20.6. The van der Waals surface area contributed by atoms with Crippen molar-refractivity contribution in [2.45, 2.75) is 38.3 Å². The highest BCUT2D eigenvalue weighted by molar-refractivity contribution is 5.75. The highest BCUT2D eigenvalue weighted by atomic mass is 16.5. The predicted octanol–water partition coefficient (Wildman–Crippen LogP) is 2.30. The average Bonchev–Trinajstić information content (AvgIpc) is 3.00. The van der Waals surface area contributed by atoms with Gasteiger partial charge in [-0.25, -0.2) is 4.79 Å². The number of nitrogens with one attached hydrogen (secondary N) is 1. The molecule has 7 nitrogen and oxygen atoms in total. The summed E-state index contributed by atoms with van der Waals surface area (Å²) < 4.78 is 5.73. The zero-order valence-electron chi connectivity index (χ0n) is 16.9. The van der Waals surface area contributed by atoms with Gasteiger partial charge in [0.15, 0.2) is 0 Å². The first-order chi connectivity index (χ1) is 13.3. The van der Waals surface area contributed by atoms with Crippen molar-refractivity contribution in [3.05, 3.63) is 35.4 Å². The van der Waals surface area contributed by atoms with Crippen molar-refractivity contribution >= 4 is 12.0 Å². The smallest absolute Gasteiger partial charge is 0.318 e. The molecule has 0 aromatic heterocycles. The number of ether oxygens (including phenoxy) is 1. The summed E-state index contributed by atoms with van der Waals surface area (Å²) in [6.07, 6.45) is 0.751. The molecule has 28 heavy (non-hydrogen) atoms. The molecule has 1 saturated heterocycles. The van der Waals surface area contributed by atoms with Gasteiger partial charge in [-0.15, -0.1) is 0 Å². The third-order valence-electron chi connectivity index (χ3n) is 5.71. The fraction of sp³-hybridized carbons (Fsp3) is 0.619. The quantitative estimate of drug-likeness (QED) is 0.780. The summed E-state index contributed by atoms with van der Waals surface area (Å²) in [5.41, 5.74) is 2.57. The molecule has 1 aliphatic heterocycles. The lowest BCUT2D eigenvalue weighted by Gasteiger charge is -2.35. The number of carboxylic acid groups (broad SMARTS) is 1. The van der Waals surface area contributed by atoms with E-state index in [-0.39, 0.29) is 24.7 Å². The summed E-state index contributed by atoms with van der Waals surface area (Å²) in [6, 6.07) is 8.36. The maximum Gasteiger partial charge on any atom is 0.318 e.